The normalized spacial score (nSPS) is 13.8. The molecule has 4 amide bonds. The Kier molecular flexibility index (Phi) is 13.0. The van der Waals surface area contributed by atoms with Gasteiger partial charge in [0.2, 0.25) is 11.8 Å². The number of ether oxygens (including phenoxy) is 2. The maximum absolute atomic E-state index is 13.4. The molecule has 1 aliphatic carbocycles. The number of aliphatic carboxylic acids is 1. The first-order valence-corrected chi connectivity index (χ1v) is 16.8. The van der Waals surface area contributed by atoms with Gasteiger partial charge >= 0.3 is 18.2 Å². The van der Waals surface area contributed by atoms with Crippen LogP contribution in [-0.2, 0) is 30.3 Å². The summed E-state index contributed by atoms with van der Waals surface area (Å²) in [5.41, 5.74) is 4.39. The molecular formula is C38H46N4O8. The van der Waals surface area contributed by atoms with Crippen molar-refractivity contribution in [3.63, 3.8) is 0 Å². The van der Waals surface area contributed by atoms with E-state index in [1.807, 2.05) is 54.6 Å². The highest BCUT2D eigenvalue weighted by atomic mass is 16.6. The zero-order valence-electron chi connectivity index (χ0n) is 28.9. The molecule has 266 valence electrons. The molecule has 3 atom stereocenters. The molecule has 0 saturated heterocycles. The van der Waals surface area contributed by atoms with Crippen LogP contribution < -0.4 is 21.3 Å². The van der Waals surface area contributed by atoms with Crippen LogP contribution in [0.15, 0.2) is 78.9 Å². The largest absolute Gasteiger partial charge is 0.480 e. The minimum absolute atomic E-state index is 0.0703. The molecule has 0 heterocycles. The quantitative estimate of drug-likeness (QED) is 0.140. The second kappa shape index (κ2) is 17.3. The first-order valence-electron chi connectivity index (χ1n) is 16.8. The summed E-state index contributed by atoms with van der Waals surface area (Å²) in [6, 6.07) is 21.5. The topological polar surface area (TPSA) is 172 Å². The van der Waals surface area contributed by atoms with Crippen molar-refractivity contribution in [2.45, 2.75) is 83.0 Å². The van der Waals surface area contributed by atoms with E-state index in [0.29, 0.717) is 12.8 Å². The minimum atomic E-state index is -1.23. The number of carboxylic acids is 1. The molecule has 50 heavy (non-hydrogen) atoms. The Morgan fingerprint density at radius 3 is 1.92 bits per heavy atom. The van der Waals surface area contributed by atoms with E-state index in [9.17, 15) is 29.1 Å². The van der Waals surface area contributed by atoms with Crippen LogP contribution in [0.5, 0.6) is 0 Å². The van der Waals surface area contributed by atoms with Crippen molar-refractivity contribution in [2.24, 2.45) is 0 Å². The number of nitrogens with one attached hydrogen (secondary N) is 4. The molecule has 0 fully saturated rings. The van der Waals surface area contributed by atoms with Gasteiger partial charge in [-0.05, 0) is 74.8 Å². The fourth-order valence-corrected chi connectivity index (χ4v) is 5.75. The maximum Gasteiger partial charge on any atom is 0.407 e. The third kappa shape index (κ3) is 10.8. The van der Waals surface area contributed by atoms with E-state index in [1.54, 1.807) is 45.0 Å². The van der Waals surface area contributed by atoms with E-state index < -0.39 is 53.7 Å². The van der Waals surface area contributed by atoms with E-state index in [-0.39, 0.29) is 31.9 Å². The number of carboxylic acid groups (broad SMARTS) is 1. The second-order valence-electron chi connectivity index (χ2n) is 13.3. The molecule has 5 N–H and O–H groups in total. The molecule has 0 saturated carbocycles. The molecule has 3 aromatic rings. The molecule has 0 unspecified atom stereocenters. The Hall–Kier alpha value is -5.39. The Labute approximate surface area is 292 Å². The van der Waals surface area contributed by atoms with Crippen molar-refractivity contribution in [1.29, 1.82) is 0 Å². The van der Waals surface area contributed by atoms with Crippen molar-refractivity contribution >= 4 is 30.0 Å². The van der Waals surface area contributed by atoms with Crippen molar-refractivity contribution in [2.75, 3.05) is 13.2 Å². The molecule has 12 heteroatoms. The second-order valence-corrected chi connectivity index (χ2v) is 13.3. The highest BCUT2D eigenvalue weighted by Crippen LogP contribution is 2.44. The number of unbranched alkanes of at least 4 members (excludes halogenated alkanes) is 1. The van der Waals surface area contributed by atoms with Crippen LogP contribution in [0.25, 0.3) is 11.1 Å². The Balaban J connectivity index is 1.31. The maximum atomic E-state index is 13.4. The zero-order chi connectivity index (χ0) is 36.3. The molecule has 0 radical (unpaired) electrons. The number of alkyl carbamates (subject to hydrolysis) is 2. The average Bonchev–Trinajstić information content (AvgIpc) is 3.39. The van der Waals surface area contributed by atoms with E-state index in [4.69, 9.17) is 9.47 Å². The van der Waals surface area contributed by atoms with Crippen LogP contribution in [0.4, 0.5) is 9.59 Å². The molecule has 1 aliphatic rings. The lowest BCUT2D eigenvalue weighted by Gasteiger charge is -2.23. The summed E-state index contributed by atoms with van der Waals surface area (Å²) < 4.78 is 10.8. The molecular weight excluding hydrogens is 640 g/mol. The standard InChI is InChI=1S/C38H46N4O8/c1-24(40-37(48)49-23-30-28-18-10-8-16-26(28)27-17-9-11-19-29(27)30)33(43)42-32(22-25-14-6-5-7-15-25)34(44)41-31(35(45)46)20-12-13-21-39-36(47)50-38(2,3)4/h5-11,14-19,24,30-32H,12-13,20-23H2,1-4H3,(H,39,47)(H,40,48)(H,41,44)(H,42,43)(H,45,46)/t24-,31-,32+/m0/s1. The summed E-state index contributed by atoms with van der Waals surface area (Å²) in [5, 5.41) is 20.2. The Morgan fingerprint density at radius 1 is 0.740 bits per heavy atom. The van der Waals surface area contributed by atoms with Gasteiger partial charge in [0.25, 0.3) is 0 Å². The van der Waals surface area contributed by atoms with E-state index in [0.717, 1.165) is 27.8 Å². The minimum Gasteiger partial charge on any atom is -0.480 e. The summed E-state index contributed by atoms with van der Waals surface area (Å²) in [6.07, 6.45) is -0.315. The lowest BCUT2D eigenvalue weighted by molar-refractivity contribution is -0.142. The molecule has 0 bridgehead atoms. The zero-order valence-corrected chi connectivity index (χ0v) is 28.9. The predicted octanol–water partition coefficient (Wildman–Crippen LogP) is 4.91. The number of fused-ring (bicyclic) bond motifs is 3. The lowest BCUT2D eigenvalue weighted by Crippen LogP contribution is -2.55. The third-order valence-electron chi connectivity index (χ3n) is 8.19. The van der Waals surface area contributed by atoms with Gasteiger partial charge in [-0.1, -0.05) is 78.9 Å². The molecule has 0 aliphatic heterocycles. The average molecular weight is 687 g/mol. The molecule has 4 rings (SSSR count). The summed E-state index contributed by atoms with van der Waals surface area (Å²) in [4.78, 5) is 63.4. The van der Waals surface area contributed by atoms with Gasteiger partial charge in [0.05, 0.1) is 0 Å². The number of carbonyl (C=O) groups excluding carboxylic acids is 4. The summed E-state index contributed by atoms with van der Waals surface area (Å²) in [6.45, 7) is 7.07. The van der Waals surface area contributed by atoms with Gasteiger partial charge < -0.3 is 35.8 Å². The van der Waals surface area contributed by atoms with Gasteiger partial charge in [-0.3, -0.25) is 9.59 Å². The number of rotatable bonds is 15. The van der Waals surface area contributed by atoms with Crippen molar-refractivity contribution < 1.29 is 38.6 Å². The Bertz CT molecular complexity index is 1610. The number of carbonyl (C=O) groups is 5. The predicted molar refractivity (Wildman–Crippen MR) is 187 cm³/mol. The third-order valence-corrected chi connectivity index (χ3v) is 8.19. The first kappa shape index (κ1) is 37.4. The summed E-state index contributed by atoms with van der Waals surface area (Å²) >= 11 is 0. The van der Waals surface area contributed by atoms with Crippen molar-refractivity contribution in [1.82, 2.24) is 21.3 Å². The van der Waals surface area contributed by atoms with Gasteiger partial charge in [-0.2, -0.15) is 0 Å². The molecule has 0 aromatic heterocycles. The van der Waals surface area contributed by atoms with Gasteiger partial charge in [0.15, 0.2) is 0 Å². The van der Waals surface area contributed by atoms with E-state index >= 15 is 0 Å². The molecule has 3 aromatic carbocycles. The summed E-state index contributed by atoms with van der Waals surface area (Å²) in [5.74, 6) is -2.71. The number of benzene rings is 3. The number of amides is 4. The molecule has 12 nitrogen and oxygen atoms in total. The van der Waals surface area contributed by atoms with E-state index in [2.05, 4.69) is 21.3 Å². The van der Waals surface area contributed by atoms with E-state index in [1.165, 1.54) is 6.92 Å². The number of hydrogen-bond donors (Lipinski definition) is 5. The van der Waals surface area contributed by atoms with Gasteiger partial charge in [0, 0.05) is 18.9 Å². The monoisotopic (exact) mass is 686 g/mol. The van der Waals surface area contributed by atoms with Crippen LogP contribution in [-0.4, -0.2) is 72.0 Å². The van der Waals surface area contributed by atoms with Crippen molar-refractivity contribution in [3.8, 4) is 11.1 Å². The SMILES string of the molecule is C[C@H](NC(=O)OCC1c2ccccc2-c2ccccc21)C(=O)N[C@H](Cc1ccccc1)C(=O)N[C@@H](CCCCNC(=O)OC(C)(C)C)C(=O)O. The molecule has 0 spiro atoms. The highest BCUT2D eigenvalue weighted by molar-refractivity contribution is 5.93. The van der Waals surface area contributed by atoms with Crippen LogP contribution in [0.3, 0.4) is 0 Å². The van der Waals surface area contributed by atoms with Crippen molar-refractivity contribution in [3.05, 3.63) is 95.6 Å². The lowest BCUT2D eigenvalue weighted by atomic mass is 9.98. The fraction of sp³-hybridized carbons (Fsp3) is 0.395. The van der Waals surface area contributed by atoms with Gasteiger partial charge in [-0.25, -0.2) is 14.4 Å². The first-order chi connectivity index (χ1) is 23.8. The van der Waals surface area contributed by atoms with Crippen LogP contribution in [0, 0.1) is 0 Å². The van der Waals surface area contributed by atoms with Crippen LogP contribution in [0.2, 0.25) is 0 Å². The van der Waals surface area contributed by atoms with Crippen LogP contribution in [0.1, 0.15) is 69.6 Å². The smallest absolute Gasteiger partial charge is 0.407 e. The fourth-order valence-electron chi connectivity index (χ4n) is 5.75. The summed E-state index contributed by atoms with van der Waals surface area (Å²) in [7, 11) is 0. The van der Waals surface area contributed by atoms with Gasteiger partial charge in [-0.15, -0.1) is 0 Å². The number of hydrogen-bond acceptors (Lipinski definition) is 7. The Morgan fingerprint density at radius 2 is 1.32 bits per heavy atom. The van der Waals surface area contributed by atoms with Gasteiger partial charge in [0.1, 0.15) is 30.3 Å². The van der Waals surface area contributed by atoms with Crippen LogP contribution >= 0.6 is 0 Å². The highest BCUT2D eigenvalue weighted by Gasteiger charge is 2.31.